The van der Waals surface area contributed by atoms with Gasteiger partial charge in [-0.15, -0.1) is 0 Å². The maximum Gasteiger partial charge on any atom is 0.186 e. The van der Waals surface area contributed by atoms with Gasteiger partial charge in [0.25, 0.3) is 0 Å². The van der Waals surface area contributed by atoms with Gasteiger partial charge < -0.3 is 11.5 Å². The molecule has 0 bridgehead atoms. The van der Waals surface area contributed by atoms with Gasteiger partial charge in [-0.1, -0.05) is 19.8 Å². The van der Waals surface area contributed by atoms with Crippen molar-refractivity contribution in [1.29, 1.82) is 0 Å². The zero-order valence-electron chi connectivity index (χ0n) is 11.1. The average Bonchev–Trinajstić information content (AvgIpc) is 2.28. The summed E-state index contributed by atoms with van der Waals surface area (Å²) < 4.78 is 0. The minimum atomic E-state index is -0.764. The SMILES string of the molecule is Cc1ccnc(N)c1C(=O)C1(N)CCCC(C)C1. The minimum absolute atomic E-state index is 0.0443. The van der Waals surface area contributed by atoms with Crippen molar-refractivity contribution in [3.8, 4) is 0 Å². The lowest BCUT2D eigenvalue weighted by Gasteiger charge is -2.35. The number of nitrogen functional groups attached to an aromatic ring is 1. The topological polar surface area (TPSA) is 82.0 Å². The molecule has 4 heteroatoms. The van der Waals surface area contributed by atoms with Crippen LogP contribution in [0.5, 0.6) is 0 Å². The molecule has 98 valence electrons. The molecule has 2 rings (SSSR count). The number of hydrogen-bond donors (Lipinski definition) is 2. The lowest BCUT2D eigenvalue weighted by atomic mass is 9.73. The average molecular weight is 247 g/mol. The zero-order valence-corrected chi connectivity index (χ0v) is 11.1. The number of nitrogens with two attached hydrogens (primary N) is 2. The Labute approximate surface area is 108 Å². The first-order chi connectivity index (χ1) is 8.44. The number of Topliss-reactive ketones (excluding diaryl/α,β-unsaturated/α-hetero) is 1. The number of pyridine rings is 1. The van der Waals surface area contributed by atoms with E-state index < -0.39 is 5.54 Å². The number of anilines is 1. The van der Waals surface area contributed by atoms with Crippen molar-refractivity contribution in [2.45, 2.75) is 45.1 Å². The largest absolute Gasteiger partial charge is 0.383 e. The number of nitrogens with zero attached hydrogens (tertiary/aromatic N) is 1. The molecule has 1 fully saturated rings. The van der Waals surface area contributed by atoms with E-state index in [-0.39, 0.29) is 5.78 Å². The van der Waals surface area contributed by atoms with Crippen molar-refractivity contribution in [3.63, 3.8) is 0 Å². The van der Waals surface area contributed by atoms with Gasteiger partial charge in [0.2, 0.25) is 0 Å². The lowest BCUT2D eigenvalue weighted by Crippen LogP contribution is -2.51. The Balaban J connectivity index is 2.36. The van der Waals surface area contributed by atoms with Crippen molar-refractivity contribution in [3.05, 3.63) is 23.4 Å². The van der Waals surface area contributed by atoms with E-state index in [2.05, 4.69) is 11.9 Å². The summed E-state index contributed by atoms with van der Waals surface area (Å²) in [5, 5.41) is 0. The first kappa shape index (κ1) is 13.0. The molecule has 0 aliphatic heterocycles. The second-order valence-corrected chi connectivity index (χ2v) is 5.57. The van der Waals surface area contributed by atoms with Crippen molar-refractivity contribution in [1.82, 2.24) is 4.98 Å². The van der Waals surface area contributed by atoms with Crippen LogP contribution in [0.4, 0.5) is 5.82 Å². The highest BCUT2D eigenvalue weighted by atomic mass is 16.1. The Kier molecular flexibility index (Phi) is 3.39. The molecular formula is C14H21N3O. The van der Waals surface area contributed by atoms with E-state index in [1.54, 1.807) is 12.3 Å². The maximum absolute atomic E-state index is 12.7. The van der Waals surface area contributed by atoms with Gasteiger partial charge in [0.15, 0.2) is 5.78 Å². The molecular weight excluding hydrogens is 226 g/mol. The molecule has 1 saturated carbocycles. The monoisotopic (exact) mass is 247 g/mol. The Morgan fingerprint density at radius 1 is 1.56 bits per heavy atom. The molecule has 1 aliphatic carbocycles. The van der Waals surface area contributed by atoms with E-state index in [0.29, 0.717) is 17.3 Å². The molecule has 1 aromatic heterocycles. The summed E-state index contributed by atoms with van der Waals surface area (Å²) in [6.07, 6.45) is 5.24. The first-order valence-corrected chi connectivity index (χ1v) is 6.49. The number of aryl methyl sites for hydroxylation is 1. The molecule has 4 N–H and O–H groups in total. The van der Waals surface area contributed by atoms with Crippen LogP contribution in [-0.4, -0.2) is 16.3 Å². The number of carbonyl (C=O) groups excluding carboxylic acids is 1. The van der Waals surface area contributed by atoms with Gasteiger partial charge >= 0.3 is 0 Å². The molecule has 1 aromatic rings. The molecule has 18 heavy (non-hydrogen) atoms. The summed E-state index contributed by atoms with van der Waals surface area (Å²) in [6.45, 7) is 4.02. The lowest BCUT2D eigenvalue weighted by molar-refractivity contribution is 0.0819. The molecule has 0 saturated heterocycles. The smallest absolute Gasteiger partial charge is 0.186 e. The van der Waals surface area contributed by atoms with Crippen LogP contribution in [0.2, 0.25) is 0 Å². The third kappa shape index (κ3) is 2.25. The zero-order chi connectivity index (χ0) is 13.3. The van der Waals surface area contributed by atoms with Crippen LogP contribution in [0.3, 0.4) is 0 Å². The van der Waals surface area contributed by atoms with Crippen molar-refractivity contribution in [2.24, 2.45) is 11.7 Å². The summed E-state index contributed by atoms with van der Waals surface area (Å²) in [7, 11) is 0. The summed E-state index contributed by atoms with van der Waals surface area (Å²) in [5.41, 5.74) is 12.8. The predicted octanol–water partition coefficient (Wildman–Crippen LogP) is 2.06. The Hall–Kier alpha value is -1.42. The van der Waals surface area contributed by atoms with E-state index in [9.17, 15) is 4.79 Å². The second kappa shape index (κ2) is 4.69. The van der Waals surface area contributed by atoms with Gasteiger partial charge in [-0.2, -0.15) is 0 Å². The highest BCUT2D eigenvalue weighted by Gasteiger charge is 2.39. The minimum Gasteiger partial charge on any atom is -0.383 e. The third-order valence-electron chi connectivity index (χ3n) is 3.90. The van der Waals surface area contributed by atoms with Gasteiger partial charge in [0.05, 0.1) is 11.1 Å². The predicted molar refractivity (Wildman–Crippen MR) is 72.3 cm³/mol. The maximum atomic E-state index is 12.7. The molecule has 0 radical (unpaired) electrons. The number of carbonyl (C=O) groups is 1. The van der Waals surface area contributed by atoms with Crippen molar-refractivity contribution in [2.75, 3.05) is 5.73 Å². The quantitative estimate of drug-likeness (QED) is 0.784. The van der Waals surface area contributed by atoms with Gasteiger partial charge in [-0.3, -0.25) is 4.79 Å². The molecule has 0 aromatic carbocycles. The van der Waals surface area contributed by atoms with Gasteiger partial charge in [0.1, 0.15) is 5.82 Å². The van der Waals surface area contributed by atoms with Crippen LogP contribution >= 0.6 is 0 Å². The number of ketones is 1. The summed E-state index contributed by atoms with van der Waals surface area (Å²) in [4.78, 5) is 16.7. The van der Waals surface area contributed by atoms with E-state index in [4.69, 9.17) is 11.5 Å². The molecule has 0 amide bonds. The molecule has 4 nitrogen and oxygen atoms in total. The third-order valence-corrected chi connectivity index (χ3v) is 3.90. The van der Waals surface area contributed by atoms with Crippen LogP contribution in [0.25, 0.3) is 0 Å². The Morgan fingerprint density at radius 3 is 2.89 bits per heavy atom. The fraction of sp³-hybridized carbons (Fsp3) is 0.571. The first-order valence-electron chi connectivity index (χ1n) is 6.49. The fourth-order valence-corrected chi connectivity index (χ4v) is 2.92. The fourth-order valence-electron chi connectivity index (χ4n) is 2.92. The molecule has 0 spiro atoms. The van der Waals surface area contributed by atoms with E-state index in [0.717, 1.165) is 31.2 Å². The van der Waals surface area contributed by atoms with Crippen LogP contribution in [0, 0.1) is 12.8 Å². The van der Waals surface area contributed by atoms with Gasteiger partial charge in [0, 0.05) is 6.20 Å². The number of aromatic nitrogens is 1. The van der Waals surface area contributed by atoms with Crippen LogP contribution in [0.1, 0.15) is 48.5 Å². The standard InChI is InChI=1S/C14H21N3O/c1-9-4-3-6-14(16,8-9)12(18)11-10(2)5-7-17-13(11)15/h5,7,9H,3-4,6,8,16H2,1-2H3,(H2,15,17). The number of hydrogen-bond acceptors (Lipinski definition) is 4. The van der Waals surface area contributed by atoms with Crippen LogP contribution in [-0.2, 0) is 0 Å². The molecule has 2 unspecified atom stereocenters. The van der Waals surface area contributed by atoms with Crippen molar-refractivity contribution >= 4 is 11.6 Å². The van der Waals surface area contributed by atoms with Gasteiger partial charge in [-0.25, -0.2) is 4.98 Å². The van der Waals surface area contributed by atoms with E-state index >= 15 is 0 Å². The highest BCUT2D eigenvalue weighted by molar-refractivity contribution is 6.07. The molecule has 2 atom stereocenters. The van der Waals surface area contributed by atoms with Crippen LogP contribution in [0.15, 0.2) is 12.3 Å². The molecule has 1 aliphatic rings. The van der Waals surface area contributed by atoms with Crippen LogP contribution < -0.4 is 11.5 Å². The van der Waals surface area contributed by atoms with Gasteiger partial charge in [-0.05, 0) is 37.3 Å². The normalized spacial score (nSPS) is 28.1. The van der Waals surface area contributed by atoms with E-state index in [1.807, 2.05) is 6.92 Å². The van der Waals surface area contributed by atoms with E-state index in [1.165, 1.54) is 0 Å². The number of rotatable bonds is 2. The molecule has 1 heterocycles. The second-order valence-electron chi connectivity index (χ2n) is 5.57. The Morgan fingerprint density at radius 2 is 2.28 bits per heavy atom. The summed E-state index contributed by atoms with van der Waals surface area (Å²) in [5.74, 6) is 0.742. The Bertz CT molecular complexity index is 452. The summed E-state index contributed by atoms with van der Waals surface area (Å²) >= 11 is 0. The van der Waals surface area contributed by atoms with Crippen molar-refractivity contribution < 1.29 is 4.79 Å². The summed E-state index contributed by atoms with van der Waals surface area (Å²) in [6, 6.07) is 1.80. The highest BCUT2D eigenvalue weighted by Crippen LogP contribution is 2.34.